The fourth-order valence-electron chi connectivity index (χ4n) is 3.44. The third kappa shape index (κ3) is 4.08. The lowest BCUT2D eigenvalue weighted by molar-refractivity contribution is 0.103. The van der Waals surface area contributed by atoms with Crippen LogP contribution in [0.3, 0.4) is 0 Å². The van der Waals surface area contributed by atoms with Gasteiger partial charge in [0.05, 0.1) is 0 Å². The van der Waals surface area contributed by atoms with Gasteiger partial charge in [0.1, 0.15) is 11.5 Å². The Morgan fingerprint density at radius 3 is 1.61 bits per heavy atom. The molecule has 2 heterocycles. The molecular formula is C21H16Br2O3S2. The molecule has 0 aliphatic carbocycles. The Morgan fingerprint density at radius 1 is 0.821 bits per heavy atom. The summed E-state index contributed by atoms with van der Waals surface area (Å²) in [7, 11) is 0. The summed E-state index contributed by atoms with van der Waals surface area (Å²) in [4.78, 5) is 13.5. The highest BCUT2D eigenvalue weighted by Gasteiger charge is 2.28. The minimum atomic E-state index is -0.0859. The molecule has 28 heavy (non-hydrogen) atoms. The Kier molecular flexibility index (Phi) is 5.97. The van der Waals surface area contributed by atoms with E-state index in [0.29, 0.717) is 11.1 Å². The number of carbonyl (C=O) groups excluding carboxylic acids is 1. The standard InChI is InChI=1S/C21H16Br2O3S2/c22-19-7-5-17(27-19)15-9-11(24)1-3-13(15)21(26)14-4-2-12(25)10-16(14)18-6-8-20(23)28-18/h1-4,7-10,17-18,24-25H,5-6H2. The van der Waals surface area contributed by atoms with Gasteiger partial charge in [-0.3, -0.25) is 4.79 Å². The lowest BCUT2D eigenvalue weighted by Gasteiger charge is -2.18. The molecule has 2 aromatic carbocycles. The van der Waals surface area contributed by atoms with E-state index in [1.54, 1.807) is 59.9 Å². The van der Waals surface area contributed by atoms with Gasteiger partial charge in [-0.2, -0.15) is 0 Å². The van der Waals surface area contributed by atoms with Crippen molar-refractivity contribution in [1.82, 2.24) is 0 Å². The zero-order valence-electron chi connectivity index (χ0n) is 14.6. The van der Waals surface area contributed by atoms with Crippen LogP contribution in [0.25, 0.3) is 0 Å². The first-order chi connectivity index (χ1) is 13.4. The van der Waals surface area contributed by atoms with Gasteiger partial charge in [-0.15, -0.1) is 23.5 Å². The highest BCUT2D eigenvalue weighted by atomic mass is 79.9. The van der Waals surface area contributed by atoms with Gasteiger partial charge in [0.2, 0.25) is 0 Å². The second-order valence-corrected chi connectivity index (χ2v) is 11.8. The Balaban J connectivity index is 1.75. The third-order valence-corrected chi connectivity index (χ3v) is 8.76. The van der Waals surface area contributed by atoms with Crippen LogP contribution < -0.4 is 0 Å². The van der Waals surface area contributed by atoms with Crippen LogP contribution >= 0.6 is 55.4 Å². The van der Waals surface area contributed by atoms with Crippen LogP contribution in [0, 0.1) is 0 Å². The topological polar surface area (TPSA) is 57.5 Å². The van der Waals surface area contributed by atoms with Crippen LogP contribution in [-0.2, 0) is 0 Å². The summed E-state index contributed by atoms with van der Waals surface area (Å²) in [5.74, 6) is 0.221. The molecule has 0 amide bonds. The highest BCUT2D eigenvalue weighted by Crippen LogP contribution is 2.50. The van der Waals surface area contributed by atoms with E-state index < -0.39 is 0 Å². The van der Waals surface area contributed by atoms with Crippen molar-refractivity contribution in [3.8, 4) is 11.5 Å². The summed E-state index contributed by atoms with van der Waals surface area (Å²) < 4.78 is 2.09. The first-order valence-electron chi connectivity index (χ1n) is 8.67. The Bertz CT molecular complexity index is 937. The summed E-state index contributed by atoms with van der Waals surface area (Å²) in [6.07, 6.45) is 5.76. The smallest absolute Gasteiger partial charge is 0.193 e. The van der Waals surface area contributed by atoms with Crippen molar-refractivity contribution in [2.45, 2.75) is 23.3 Å². The molecule has 0 bridgehead atoms. The summed E-state index contributed by atoms with van der Waals surface area (Å²) >= 11 is 10.3. The number of phenolic OH excluding ortho intramolecular Hbond substituents is 2. The zero-order valence-corrected chi connectivity index (χ0v) is 19.4. The third-order valence-electron chi connectivity index (χ3n) is 4.75. The lowest BCUT2D eigenvalue weighted by atomic mass is 9.91. The maximum Gasteiger partial charge on any atom is 0.193 e. The maximum atomic E-state index is 13.5. The van der Waals surface area contributed by atoms with Crippen LogP contribution in [0.4, 0.5) is 0 Å². The normalized spacial score (nSPS) is 21.5. The monoisotopic (exact) mass is 538 g/mol. The highest BCUT2D eigenvalue weighted by molar-refractivity contribution is 9.14. The number of hydrogen-bond acceptors (Lipinski definition) is 5. The van der Waals surface area contributed by atoms with Crippen LogP contribution in [0.1, 0.15) is 50.4 Å². The lowest BCUT2D eigenvalue weighted by Crippen LogP contribution is -2.10. The Labute approximate surface area is 188 Å². The molecule has 0 saturated carbocycles. The van der Waals surface area contributed by atoms with Gasteiger partial charge in [-0.05, 0) is 92.2 Å². The van der Waals surface area contributed by atoms with Gasteiger partial charge in [-0.25, -0.2) is 0 Å². The number of thioether (sulfide) groups is 2. The molecular weight excluding hydrogens is 524 g/mol. The molecule has 2 N–H and O–H groups in total. The van der Waals surface area contributed by atoms with E-state index in [-0.39, 0.29) is 27.8 Å². The molecule has 2 unspecified atom stereocenters. The SMILES string of the molecule is O=C(c1ccc(O)cc1C1CC=C(Br)S1)c1ccc(O)cc1C1CC=C(Br)S1. The molecule has 144 valence electrons. The molecule has 0 fully saturated rings. The fraction of sp³-hybridized carbons (Fsp3) is 0.190. The molecule has 2 aliphatic rings. The molecule has 0 aromatic heterocycles. The molecule has 2 aliphatic heterocycles. The van der Waals surface area contributed by atoms with Gasteiger partial charge >= 0.3 is 0 Å². The number of allylic oxidation sites excluding steroid dienone is 2. The number of halogens is 2. The Morgan fingerprint density at radius 2 is 1.25 bits per heavy atom. The van der Waals surface area contributed by atoms with E-state index in [9.17, 15) is 15.0 Å². The van der Waals surface area contributed by atoms with Crippen molar-refractivity contribution in [3.63, 3.8) is 0 Å². The van der Waals surface area contributed by atoms with E-state index in [0.717, 1.165) is 31.6 Å². The van der Waals surface area contributed by atoms with Crippen molar-refractivity contribution >= 4 is 61.2 Å². The summed E-state index contributed by atoms with van der Waals surface area (Å²) in [5.41, 5.74) is 2.84. The van der Waals surface area contributed by atoms with Gasteiger partial charge in [0, 0.05) is 29.3 Å². The van der Waals surface area contributed by atoms with Crippen molar-refractivity contribution in [2.24, 2.45) is 0 Å². The fourth-order valence-corrected chi connectivity index (χ4v) is 7.12. The molecule has 3 nitrogen and oxygen atoms in total. The predicted molar refractivity (Wildman–Crippen MR) is 124 cm³/mol. The van der Waals surface area contributed by atoms with Crippen molar-refractivity contribution < 1.29 is 15.0 Å². The molecule has 0 spiro atoms. The average Bonchev–Trinajstić information content (AvgIpc) is 3.29. The van der Waals surface area contributed by atoms with Gasteiger partial charge in [-0.1, -0.05) is 12.2 Å². The first-order valence-corrected chi connectivity index (χ1v) is 12.0. The molecule has 2 aromatic rings. The number of phenols is 2. The van der Waals surface area contributed by atoms with Gasteiger partial charge < -0.3 is 10.2 Å². The number of ketones is 1. The van der Waals surface area contributed by atoms with Crippen molar-refractivity contribution in [1.29, 1.82) is 0 Å². The number of benzene rings is 2. The van der Waals surface area contributed by atoms with E-state index in [2.05, 4.69) is 44.0 Å². The average molecular weight is 540 g/mol. The predicted octanol–water partition coefficient (Wildman–Crippen LogP) is 7.16. The molecule has 7 heteroatoms. The molecule has 2 atom stereocenters. The molecule has 0 saturated heterocycles. The number of rotatable bonds is 4. The van der Waals surface area contributed by atoms with E-state index in [1.165, 1.54) is 0 Å². The van der Waals surface area contributed by atoms with Crippen LogP contribution in [0.5, 0.6) is 11.5 Å². The molecule has 4 rings (SSSR count). The summed E-state index contributed by atoms with van der Waals surface area (Å²) in [6.45, 7) is 0. The van der Waals surface area contributed by atoms with E-state index in [1.807, 2.05) is 0 Å². The van der Waals surface area contributed by atoms with Gasteiger partial charge in [0.15, 0.2) is 5.78 Å². The number of carbonyl (C=O) groups is 1. The zero-order chi connectivity index (χ0) is 19.8. The minimum Gasteiger partial charge on any atom is -0.508 e. The van der Waals surface area contributed by atoms with Crippen molar-refractivity contribution in [2.75, 3.05) is 0 Å². The number of hydrogen-bond donors (Lipinski definition) is 2. The first kappa shape index (κ1) is 20.1. The number of aromatic hydroxyl groups is 2. The maximum absolute atomic E-state index is 13.5. The van der Waals surface area contributed by atoms with E-state index in [4.69, 9.17) is 0 Å². The summed E-state index contributed by atoms with van der Waals surface area (Å²) in [5, 5.41) is 20.2. The molecule has 0 radical (unpaired) electrons. The van der Waals surface area contributed by atoms with Crippen LogP contribution in [0.2, 0.25) is 0 Å². The minimum absolute atomic E-state index is 0.0812. The van der Waals surface area contributed by atoms with Crippen molar-refractivity contribution in [3.05, 3.63) is 78.4 Å². The van der Waals surface area contributed by atoms with Gasteiger partial charge in [0.25, 0.3) is 0 Å². The second kappa shape index (κ2) is 8.30. The van der Waals surface area contributed by atoms with Crippen LogP contribution in [0.15, 0.2) is 56.2 Å². The quantitative estimate of drug-likeness (QED) is 0.404. The largest absolute Gasteiger partial charge is 0.508 e. The Hall–Kier alpha value is -1.15. The second-order valence-electron chi connectivity index (χ2n) is 6.57. The summed E-state index contributed by atoms with van der Waals surface area (Å²) in [6, 6.07) is 9.89. The van der Waals surface area contributed by atoms with Crippen LogP contribution in [-0.4, -0.2) is 16.0 Å². The van der Waals surface area contributed by atoms with E-state index >= 15 is 0 Å².